The fraction of sp³-hybridized carbons (Fsp3) is 0.108. The summed E-state index contributed by atoms with van der Waals surface area (Å²) in [6, 6.07) is 28.6. The predicted octanol–water partition coefficient (Wildman–Crippen LogP) is 5.92. The maximum Gasteiger partial charge on any atom is 0.342 e. The minimum atomic E-state index is -1.62. The van der Waals surface area contributed by atoms with E-state index in [1.165, 1.54) is 48.5 Å². The highest BCUT2D eigenvalue weighted by Crippen LogP contribution is 2.43. The van der Waals surface area contributed by atoms with E-state index in [1.807, 2.05) is 65.4 Å². The van der Waals surface area contributed by atoms with E-state index in [9.17, 15) is 30.2 Å². The lowest BCUT2D eigenvalue weighted by atomic mass is 9.86. The van der Waals surface area contributed by atoms with Gasteiger partial charge >= 0.3 is 5.97 Å². The number of rotatable bonds is 8. The molecule has 0 aliphatic carbocycles. The first-order valence-corrected chi connectivity index (χ1v) is 15.3. The van der Waals surface area contributed by atoms with Crippen molar-refractivity contribution in [2.24, 2.45) is 0 Å². The van der Waals surface area contributed by atoms with Gasteiger partial charge in [0.1, 0.15) is 29.5 Å². The Morgan fingerprint density at radius 1 is 0.979 bits per heavy atom. The largest absolute Gasteiger partial charge is 0.508 e. The fourth-order valence-electron chi connectivity index (χ4n) is 5.81. The number of benzene rings is 4. The van der Waals surface area contributed by atoms with Gasteiger partial charge in [0.2, 0.25) is 0 Å². The molecule has 10 nitrogen and oxygen atoms in total. The molecule has 0 bridgehead atoms. The van der Waals surface area contributed by atoms with E-state index in [0.717, 1.165) is 22.0 Å². The molecule has 48 heavy (non-hydrogen) atoms. The van der Waals surface area contributed by atoms with Gasteiger partial charge in [-0.25, -0.2) is 4.79 Å². The van der Waals surface area contributed by atoms with Crippen LogP contribution in [0.5, 0.6) is 11.5 Å². The van der Waals surface area contributed by atoms with E-state index in [0.29, 0.717) is 35.1 Å². The van der Waals surface area contributed by atoms with Crippen LogP contribution < -0.4 is 19.4 Å². The summed E-state index contributed by atoms with van der Waals surface area (Å²) in [5, 5.41) is 42.0. The van der Waals surface area contributed by atoms with Crippen LogP contribution in [0.2, 0.25) is 5.02 Å². The number of aliphatic hydroxyl groups is 1. The number of aliphatic hydroxyl groups excluding tert-OH is 1. The van der Waals surface area contributed by atoms with Crippen molar-refractivity contribution in [3.8, 4) is 17.6 Å². The number of para-hydroxylation sites is 1. The Bertz CT molecular complexity index is 2020. The summed E-state index contributed by atoms with van der Waals surface area (Å²) in [7, 11) is 1.86. The summed E-state index contributed by atoms with van der Waals surface area (Å²) in [6.07, 6.45) is 1.71. The topological polar surface area (TPSA) is 138 Å². The summed E-state index contributed by atoms with van der Waals surface area (Å²) < 4.78 is 5.99. The Balaban J connectivity index is 1.48. The number of carboxylic acid groups (broad SMARTS) is 1. The van der Waals surface area contributed by atoms with Crippen molar-refractivity contribution in [2.45, 2.75) is 6.23 Å². The number of phenolic OH excluding ortho intramolecular Hbond substituents is 1. The van der Waals surface area contributed by atoms with Crippen molar-refractivity contribution >= 4 is 46.1 Å². The summed E-state index contributed by atoms with van der Waals surface area (Å²) in [5.41, 5.74) is 2.09. The maximum atomic E-state index is 13.8. The molecule has 2 aliphatic rings. The number of aromatic hydroxyl groups is 1. The number of hydrogen-bond acceptors (Lipinski definition) is 8. The van der Waals surface area contributed by atoms with Crippen molar-refractivity contribution in [1.29, 1.82) is 5.26 Å². The molecule has 240 valence electrons. The lowest BCUT2D eigenvalue weighted by Gasteiger charge is -2.36. The van der Waals surface area contributed by atoms with Gasteiger partial charge in [-0.3, -0.25) is 9.69 Å². The van der Waals surface area contributed by atoms with Gasteiger partial charge in [-0.1, -0.05) is 48.0 Å². The molecule has 0 saturated carbocycles. The minimum Gasteiger partial charge on any atom is -0.508 e. The number of phenols is 1. The summed E-state index contributed by atoms with van der Waals surface area (Å²) >= 11 is 6.37. The van der Waals surface area contributed by atoms with Gasteiger partial charge in [0.15, 0.2) is 6.23 Å². The van der Waals surface area contributed by atoms with Crippen LogP contribution in [-0.2, 0) is 9.59 Å². The quantitative estimate of drug-likeness (QED) is 0.197. The molecule has 0 aromatic heterocycles. The number of carbonyl (C=O) groups is 2. The second-order valence-electron chi connectivity index (χ2n) is 11.0. The molecule has 4 aromatic rings. The number of nitriles is 1. The normalized spacial score (nSPS) is 17.6. The van der Waals surface area contributed by atoms with Gasteiger partial charge in [-0.15, -0.1) is 0 Å². The third-order valence-corrected chi connectivity index (χ3v) is 8.32. The van der Waals surface area contributed by atoms with E-state index in [-0.39, 0.29) is 22.6 Å². The smallest absolute Gasteiger partial charge is 0.342 e. The van der Waals surface area contributed by atoms with Crippen LogP contribution in [0.15, 0.2) is 126 Å². The van der Waals surface area contributed by atoms with Crippen LogP contribution in [-0.4, -0.2) is 53.6 Å². The molecule has 0 fully saturated rings. The number of hydrogen-bond donors (Lipinski definition) is 3. The number of carbonyl (C=O) groups excluding carboxylic acids is 1. The van der Waals surface area contributed by atoms with Gasteiger partial charge in [-0.05, 0) is 78.4 Å². The highest BCUT2D eigenvalue weighted by Gasteiger charge is 2.41. The molecule has 0 radical (unpaired) electrons. The van der Waals surface area contributed by atoms with Crippen molar-refractivity contribution in [2.75, 3.05) is 34.9 Å². The first-order chi connectivity index (χ1) is 23.2. The third-order valence-electron chi connectivity index (χ3n) is 8.09. The Kier molecular flexibility index (Phi) is 8.90. The van der Waals surface area contributed by atoms with Crippen LogP contribution in [0.25, 0.3) is 5.57 Å². The van der Waals surface area contributed by atoms with E-state index in [1.54, 1.807) is 18.2 Å². The van der Waals surface area contributed by atoms with Gasteiger partial charge in [0, 0.05) is 28.9 Å². The van der Waals surface area contributed by atoms with Crippen molar-refractivity contribution in [1.82, 2.24) is 0 Å². The average molecular weight is 661 g/mol. The number of nitrogens with zero attached hydrogens (tertiary/aromatic N) is 4. The molecule has 3 N–H and O–H groups in total. The van der Waals surface area contributed by atoms with Crippen LogP contribution in [0.3, 0.4) is 0 Å². The molecule has 11 heteroatoms. The van der Waals surface area contributed by atoms with Crippen LogP contribution in [0, 0.1) is 11.3 Å². The lowest BCUT2D eigenvalue weighted by Crippen LogP contribution is -2.47. The standard InChI is InChI=1S/C37H29ClN4O6/c1-40-31-21-25(38)11-17-30(31)41(19-20-48-28-5-3-2-4-6-28)32(40)18-16-29-33(24-9-14-27(43)15-10-24)34(37(46)47)36(45)42(35(29)44)26-12-7-23(22-39)8-13-26/h2-18,21,35,43-44H,19-20H2,1H3,(H,46,47)/b29-16-,32-18+. The Morgan fingerprint density at radius 2 is 1.69 bits per heavy atom. The zero-order chi connectivity index (χ0) is 33.9. The molecule has 1 amide bonds. The number of halogens is 1. The maximum absolute atomic E-state index is 13.8. The highest BCUT2D eigenvalue weighted by molar-refractivity contribution is 6.31. The van der Waals surface area contributed by atoms with Gasteiger partial charge in [0.05, 0.1) is 29.6 Å². The van der Waals surface area contributed by atoms with Crippen molar-refractivity contribution in [3.63, 3.8) is 0 Å². The first-order valence-electron chi connectivity index (χ1n) is 14.9. The number of carboxylic acids is 1. The van der Waals surface area contributed by atoms with Crippen LogP contribution >= 0.6 is 11.6 Å². The minimum absolute atomic E-state index is 0.00177. The number of amides is 1. The van der Waals surface area contributed by atoms with Gasteiger partial charge in [-0.2, -0.15) is 5.26 Å². The fourth-order valence-corrected chi connectivity index (χ4v) is 5.97. The molecule has 1 atom stereocenters. The molecule has 4 aromatic carbocycles. The number of ether oxygens (including phenoxy) is 1. The summed E-state index contributed by atoms with van der Waals surface area (Å²) in [6.45, 7) is 0.765. The molecular formula is C37H29ClN4O6. The average Bonchev–Trinajstić information content (AvgIpc) is 3.34. The Labute approximate surface area is 281 Å². The number of aliphatic carboxylic acids is 1. The predicted molar refractivity (Wildman–Crippen MR) is 183 cm³/mol. The molecule has 0 spiro atoms. The SMILES string of the molecule is CN1/C(=C\C=C2\C(c3ccc(O)cc3)=C(C(=O)O)C(=O)N(c3ccc(C#N)cc3)C2O)N(CCOc2ccccc2)c2ccc(Cl)cc21. The van der Waals surface area contributed by atoms with Crippen LogP contribution in [0.1, 0.15) is 11.1 Å². The molecule has 6 rings (SSSR count). The van der Waals surface area contributed by atoms with Crippen molar-refractivity contribution < 1.29 is 29.6 Å². The lowest BCUT2D eigenvalue weighted by molar-refractivity contribution is -0.134. The first kappa shape index (κ1) is 31.9. The van der Waals surface area contributed by atoms with Gasteiger partial charge < -0.3 is 29.9 Å². The number of allylic oxidation sites excluding steroid dienone is 2. The molecule has 1 unspecified atom stereocenters. The molecule has 2 aliphatic heterocycles. The number of fused-ring (bicyclic) bond motifs is 1. The number of anilines is 3. The Morgan fingerprint density at radius 3 is 2.35 bits per heavy atom. The second kappa shape index (κ2) is 13.4. The molecular weight excluding hydrogens is 632 g/mol. The monoisotopic (exact) mass is 660 g/mol. The second-order valence-corrected chi connectivity index (χ2v) is 11.4. The zero-order valence-electron chi connectivity index (χ0n) is 25.6. The summed E-state index contributed by atoms with van der Waals surface area (Å²) in [5.74, 6) is -1.09. The van der Waals surface area contributed by atoms with E-state index < -0.39 is 23.7 Å². The van der Waals surface area contributed by atoms with Crippen molar-refractivity contribution in [3.05, 3.63) is 142 Å². The van der Waals surface area contributed by atoms with Gasteiger partial charge in [0.25, 0.3) is 5.91 Å². The highest BCUT2D eigenvalue weighted by atomic mass is 35.5. The Hall–Kier alpha value is -6.02. The zero-order valence-corrected chi connectivity index (χ0v) is 26.4. The summed E-state index contributed by atoms with van der Waals surface area (Å²) in [4.78, 5) is 31.5. The molecule has 2 heterocycles. The van der Waals surface area contributed by atoms with E-state index in [2.05, 4.69) is 0 Å². The van der Waals surface area contributed by atoms with Crippen LogP contribution in [0.4, 0.5) is 17.1 Å². The third kappa shape index (κ3) is 6.08. The molecule has 0 saturated heterocycles. The van der Waals surface area contributed by atoms with E-state index >= 15 is 0 Å². The van der Waals surface area contributed by atoms with E-state index in [4.69, 9.17) is 16.3 Å².